The smallest absolute Gasteiger partial charge is 0.123 e. The number of hydrogen-bond acceptors (Lipinski definition) is 2. The van der Waals surface area contributed by atoms with Gasteiger partial charge in [-0.3, -0.25) is 0 Å². The zero-order valence-corrected chi connectivity index (χ0v) is 9.86. The van der Waals surface area contributed by atoms with Crippen LogP contribution in [0.25, 0.3) is 0 Å². The Morgan fingerprint density at radius 2 is 1.88 bits per heavy atom. The largest absolute Gasteiger partial charge is 0.493 e. The molecule has 0 spiro atoms. The van der Waals surface area contributed by atoms with Crippen LogP contribution in [0.3, 0.4) is 0 Å². The minimum atomic E-state index is -0.213. The summed E-state index contributed by atoms with van der Waals surface area (Å²) in [6, 6.07) is 7.67. The van der Waals surface area contributed by atoms with Crippen molar-refractivity contribution in [2.45, 2.75) is 37.8 Å². The Balaban J connectivity index is 1.55. The van der Waals surface area contributed by atoms with Crippen LogP contribution >= 0.6 is 0 Å². The molecule has 2 heterocycles. The number of fused-ring (bicyclic) bond motifs is 2. The molecule has 1 aromatic carbocycles. The van der Waals surface area contributed by atoms with Gasteiger partial charge in [0.25, 0.3) is 0 Å². The Labute approximate surface area is 101 Å². The minimum absolute atomic E-state index is 0.213. The maximum absolute atomic E-state index is 12.7. The number of hydrogen-bond donors (Lipinski definition) is 1. The fourth-order valence-electron chi connectivity index (χ4n) is 3.00. The molecule has 2 fully saturated rings. The monoisotopic (exact) mass is 235 g/mol. The third kappa shape index (κ3) is 2.44. The van der Waals surface area contributed by atoms with Crippen molar-refractivity contribution in [2.75, 3.05) is 6.61 Å². The molecule has 0 saturated carbocycles. The normalized spacial score (nSPS) is 31.5. The van der Waals surface area contributed by atoms with E-state index in [0.29, 0.717) is 12.0 Å². The topological polar surface area (TPSA) is 21.3 Å². The fraction of sp³-hybridized carbons (Fsp3) is 0.571. The predicted octanol–water partition coefficient (Wildman–Crippen LogP) is 2.74. The fourth-order valence-corrected chi connectivity index (χ4v) is 3.00. The van der Waals surface area contributed by atoms with Crippen LogP contribution < -0.4 is 10.1 Å². The molecule has 0 radical (unpaired) electrons. The van der Waals surface area contributed by atoms with Gasteiger partial charge in [0.15, 0.2) is 0 Å². The van der Waals surface area contributed by atoms with Crippen LogP contribution in [0.2, 0.25) is 0 Å². The number of rotatable bonds is 3. The molecule has 3 atom stereocenters. The van der Waals surface area contributed by atoms with E-state index < -0.39 is 0 Å². The highest BCUT2D eigenvalue weighted by Crippen LogP contribution is 2.31. The Kier molecular flexibility index (Phi) is 3.02. The first-order valence-electron chi connectivity index (χ1n) is 6.46. The molecule has 3 heteroatoms. The summed E-state index contributed by atoms with van der Waals surface area (Å²) in [6.45, 7) is 0.746. The quantitative estimate of drug-likeness (QED) is 0.869. The highest BCUT2D eigenvalue weighted by atomic mass is 19.1. The van der Waals surface area contributed by atoms with E-state index in [1.54, 1.807) is 12.1 Å². The molecule has 0 aliphatic carbocycles. The molecule has 2 aliphatic rings. The van der Waals surface area contributed by atoms with Crippen molar-refractivity contribution < 1.29 is 9.13 Å². The molecule has 1 N–H and O–H groups in total. The average molecular weight is 235 g/mol. The van der Waals surface area contributed by atoms with Gasteiger partial charge in [0.2, 0.25) is 0 Å². The van der Waals surface area contributed by atoms with Crippen LogP contribution in [-0.4, -0.2) is 18.7 Å². The van der Waals surface area contributed by atoms with E-state index in [9.17, 15) is 4.39 Å². The van der Waals surface area contributed by atoms with Crippen LogP contribution in [0, 0.1) is 11.7 Å². The van der Waals surface area contributed by atoms with Gasteiger partial charge >= 0.3 is 0 Å². The van der Waals surface area contributed by atoms with E-state index in [1.807, 2.05) is 0 Å². The molecule has 17 heavy (non-hydrogen) atoms. The number of ether oxygens (including phenoxy) is 1. The Morgan fingerprint density at radius 3 is 2.71 bits per heavy atom. The van der Waals surface area contributed by atoms with E-state index in [4.69, 9.17) is 4.74 Å². The molecular weight excluding hydrogens is 217 g/mol. The number of benzene rings is 1. The van der Waals surface area contributed by atoms with E-state index in [0.717, 1.165) is 18.4 Å². The average Bonchev–Trinajstić information content (AvgIpc) is 2.73. The van der Waals surface area contributed by atoms with Crippen molar-refractivity contribution in [2.24, 2.45) is 5.92 Å². The van der Waals surface area contributed by atoms with Crippen LogP contribution in [0.4, 0.5) is 4.39 Å². The van der Waals surface area contributed by atoms with Gasteiger partial charge in [-0.05, 0) is 49.9 Å². The lowest BCUT2D eigenvalue weighted by molar-refractivity contribution is 0.182. The van der Waals surface area contributed by atoms with Gasteiger partial charge in [-0.1, -0.05) is 0 Å². The molecule has 1 unspecified atom stereocenters. The molecule has 2 bridgehead atoms. The molecule has 1 aromatic rings. The molecule has 2 nitrogen and oxygen atoms in total. The second kappa shape index (κ2) is 4.65. The first-order valence-corrected chi connectivity index (χ1v) is 6.46. The zero-order chi connectivity index (χ0) is 11.7. The standard InChI is InChI=1S/C14H18FNO/c15-11-2-6-13(7-3-11)17-9-10-1-4-12-5-8-14(10)16-12/h2-3,6-7,10,12,14,16H,1,4-5,8-9H2/t10-,12-,14?/m1/s1. The van der Waals surface area contributed by atoms with Crippen LogP contribution in [0.1, 0.15) is 25.7 Å². The third-order valence-corrected chi connectivity index (χ3v) is 4.01. The second-order valence-electron chi connectivity index (χ2n) is 5.15. The predicted molar refractivity (Wildman–Crippen MR) is 64.6 cm³/mol. The summed E-state index contributed by atoms with van der Waals surface area (Å²) in [6.07, 6.45) is 5.12. The van der Waals surface area contributed by atoms with Crippen molar-refractivity contribution in [3.63, 3.8) is 0 Å². The molecule has 2 saturated heterocycles. The number of halogens is 1. The summed E-state index contributed by atoms with van der Waals surface area (Å²) in [5.41, 5.74) is 0. The summed E-state index contributed by atoms with van der Waals surface area (Å²) in [4.78, 5) is 0. The molecule has 3 rings (SSSR count). The highest BCUT2D eigenvalue weighted by Gasteiger charge is 2.35. The van der Waals surface area contributed by atoms with E-state index in [2.05, 4.69) is 5.32 Å². The summed E-state index contributed by atoms with van der Waals surface area (Å²) in [7, 11) is 0. The summed E-state index contributed by atoms with van der Waals surface area (Å²) in [5.74, 6) is 1.17. The van der Waals surface area contributed by atoms with Crippen molar-refractivity contribution in [1.82, 2.24) is 5.32 Å². The van der Waals surface area contributed by atoms with E-state index in [1.165, 1.54) is 37.8 Å². The van der Waals surface area contributed by atoms with Crippen molar-refractivity contribution in [3.05, 3.63) is 30.1 Å². The van der Waals surface area contributed by atoms with Crippen molar-refractivity contribution in [3.8, 4) is 5.75 Å². The Morgan fingerprint density at radius 1 is 1.12 bits per heavy atom. The van der Waals surface area contributed by atoms with Crippen LogP contribution in [0.5, 0.6) is 5.75 Å². The van der Waals surface area contributed by atoms with Gasteiger partial charge in [-0.15, -0.1) is 0 Å². The van der Waals surface area contributed by atoms with Crippen LogP contribution in [-0.2, 0) is 0 Å². The minimum Gasteiger partial charge on any atom is -0.493 e. The SMILES string of the molecule is Fc1ccc(OC[C@H]2CC[C@@H]3CCC2N3)cc1. The van der Waals surface area contributed by atoms with Gasteiger partial charge in [-0.2, -0.15) is 0 Å². The maximum atomic E-state index is 12.7. The molecule has 92 valence electrons. The summed E-state index contributed by atoms with van der Waals surface area (Å²) < 4.78 is 18.5. The van der Waals surface area contributed by atoms with Gasteiger partial charge in [0, 0.05) is 18.0 Å². The summed E-state index contributed by atoms with van der Waals surface area (Å²) >= 11 is 0. The number of nitrogens with one attached hydrogen (secondary N) is 1. The number of piperidine rings is 1. The Bertz CT molecular complexity index is 378. The van der Waals surface area contributed by atoms with Crippen LogP contribution in [0.15, 0.2) is 24.3 Å². The first-order chi connectivity index (χ1) is 8.31. The lowest BCUT2D eigenvalue weighted by Crippen LogP contribution is -2.42. The van der Waals surface area contributed by atoms with Gasteiger partial charge in [0.1, 0.15) is 11.6 Å². The zero-order valence-electron chi connectivity index (χ0n) is 9.86. The van der Waals surface area contributed by atoms with E-state index in [-0.39, 0.29) is 5.82 Å². The molecule has 0 aromatic heterocycles. The van der Waals surface area contributed by atoms with Gasteiger partial charge in [0.05, 0.1) is 6.61 Å². The molecule has 0 amide bonds. The first kappa shape index (κ1) is 11.0. The van der Waals surface area contributed by atoms with Gasteiger partial charge in [-0.25, -0.2) is 4.39 Å². The lowest BCUT2D eigenvalue weighted by Gasteiger charge is -2.30. The van der Waals surface area contributed by atoms with Gasteiger partial charge < -0.3 is 10.1 Å². The second-order valence-corrected chi connectivity index (χ2v) is 5.15. The van der Waals surface area contributed by atoms with Crippen molar-refractivity contribution in [1.29, 1.82) is 0 Å². The molecular formula is C14H18FNO. The Hall–Kier alpha value is -1.09. The van der Waals surface area contributed by atoms with E-state index >= 15 is 0 Å². The van der Waals surface area contributed by atoms with Crippen molar-refractivity contribution >= 4 is 0 Å². The third-order valence-electron chi connectivity index (χ3n) is 4.01. The highest BCUT2D eigenvalue weighted by molar-refractivity contribution is 5.22. The maximum Gasteiger partial charge on any atom is 0.123 e. The lowest BCUT2D eigenvalue weighted by atomic mass is 9.93. The molecule has 2 aliphatic heterocycles. The summed E-state index contributed by atoms with van der Waals surface area (Å²) in [5, 5.41) is 3.65.